The second kappa shape index (κ2) is 17.1. The first-order valence-corrected chi connectivity index (χ1v) is 22.0. The molecule has 0 bridgehead atoms. The zero-order chi connectivity index (χ0) is 46.1. The normalized spacial score (nSPS) is 27.8. The highest BCUT2D eigenvalue weighted by Gasteiger charge is 2.54. The average molecular weight is 913 g/mol. The van der Waals surface area contributed by atoms with Crippen molar-refractivity contribution in [3.63, 3.8) is 0 Å². The van der Waals surface area contributed by atoms with Gasteiger partial charge < -0.3 is 44.1 Å². The first-order valence-electron chi connectivity index (χ1n) is 21.0. The number of phenolic OH excluding ortho intramolecular Hbond substituents is 2. The zero-order valence-corrected chi connectivity index (χ0v) is 35.9. The van der Waals surface area contributed by atoms with Crippen LogP contribution in [0.3, 0.4) is 0 Å². The van der Waals surface area contributed by atoms with E-state index in [1.165, 1.54) is 46.9 Å². The minimum absolute atomic E-state index is 0.0363. The number of nitrogens with zero attached hydrogens (tertiary/aromatic N) is 2. The lowest BCUT2D eigenvalue weighted by atomic mass is 9.72. The van der Waals surface area contributed by atoms with Gasteiger partial charge in [0.2, 0.25) is 11.7 Å². The van der Waals surface area contributed by atoms with Crippen LogP contribution >= 0.6 is 11.8 Å². The van der Waals surface area contributed by atoms with E-state index in [0.717, 1.165) is 5.56 Å². The smallest absolute Gasteiger partial charge is 0.412 e. The van der Waals surface area contributed by atoms with Gasteiger partial charge in [0.1, 0.15) is 54.7 Å². The first kappa shape index (κ1) is 44.3. The number of hydrogen-bond donors (Lipinski definition) is 4. The Morgan fingerprint density at radius 3 is 2.48 bits per heavy atom. The van der Waals surface area contributed by atoms with Crippen LogP contribution in [0.1, 0.15) is 80.8 Å². The molecule has 4 N–H and O–H groups in total. The number of ketones is 4. The van der Waals surface area contributed by atoms with Gasteiger partial charge in [-0.3, -0.25) is 38.6 Å². The number of amides is 2. The molecular formula is C46H44N2O16S. The molecule has 0 spiro atoms. The van der Waals surface area contributed by atoms with Crippen molar-refractivity contribution in [2.75, 3.05) is 32.8 Å². The van der Waals surface area contributed by atoms with Gasteiger partial charge in [0, 0.05) is 60.1 Å². The minimum atomic E-state index is -2.36. The fourth-order valence-corrected chi connectivity index (χ4v) is 11.3. The minimum Gasteiger partial charge on any atom is -0.507 e. The van der Waals surface area contributed by atoms with E-state index < -0.39 is 113 Å². The molecule has 9 rings (SSSR count). The summed E-state index contributed by atoms with van der Waals surface area (Å²) in [5, 5.41) is 44.7. The molecule has 0 saturated carbocycles. The van der Waals surface area contributed by atoms with Crippen LogP contribution in [0.5, 0.6) is 17.2 Å². The fourth-order valence-electron chi connectivity index (χ4n) is 9.90. The standard InChI is InChI=1S/C46H44N2O16S/c1-21-42-28(47(20-62-42)45(58)61-18-23-19-65-44-26(43(57)48(44)29(23)16-49)12-24(51)11-22-7-4-3-5-8-22)13-33(63-21)64-31-15-46(59,32(52)17-50)14-27-35(31)41(56)37-36(39(27)54)38(53)25-9-6-10-30(60-2)34(25)40(37)55/h3-10,16,21,26,28,31,33,42,44,50,54,56,59H,11-15,17-20H2,1-2H3. The zero-order valence-electron chi connectivity index (χ0n) is 35.1. The number of β-lactam (4-membered cyclic amide) rings is 1. The maximum atomic E-state index is 14.1. The topological polar surface area (TPSA) is 253 Å². The Labute approximate surface area is 375 Å². The van der Waals surface area contributed by atoms with Gasteiger partial charge in [0.05, 0.1) is 59.0 Å². The molecule has 4 heterocycles. The molecule has 0 radical (unpaired) electrons. The van der Waals surface area contributed by atoms with Crippen LogP contribution in [0.2, 0.25) is 0 Å². The molecule has 2 amide bonds. The number of ether oxygens (including phenoxy) is 5. The second-order valence-electron chi connectivity index (χ2n) is 16.9. The van der Waals surface area contributed by atoms with Crippen LogP contribution in [-0.4, -0.2) is 140 Å². The molecule has 6 aliphatic rings. The number of allylic oxidation sites excluding steroid dienone is 1. The number of aldehydes is 1. The second-order valence-corrected chi connectivity index (χ2v) is 18.0. The van der Waals surface area contributed by atoms with E-state index in [9.17, 15) is 54.0 Å². The Morgan fingerprint density at radius 1 is 1.00 bits per heavy atom. The number of aliphatic hydroxyl groups is 2. The van der Waals surface area contributed by atoms with E-state index in [2.05, 4.69) is 0 Å². The molecular weight excluding hydrogens is 869 g/mol. The fraction of sp³-hybridized carbons (Fsp3) is 0.413. The van der Waals surface area contributed by atoms with Crippen molar-refractivity contribution in [1.82, 2.24) is 9.80 Å². The van der Waals surface area contributed by atoms with Crippen molar-refractivity contribution in [2.45, 2.75) is 80.6 Å². The Hall–Kier alpha value is -5.96. The largest absolute Gasteiger partial charge is 0.507 e. The number of thioether (sulfide) groups is 1. The number of rotatable bonds is 12. The number of benzene rings is 3. The molecule has 3 saturated heterocycles. The lowest BCUT2D eigenvalue weighted by Gasteiger charge is -2.49. The van der Waals surface area contributed by atoms with Crippen LogP contribution < -0.4 is 4.74 Å². The summed E-state index contributed by atoms with van der Waals surface area (Å²) in [6.45, 7) is 0.0360. The molecule has 340 valence electrons. The molecule has 8 atom stereocenters. The number of fused-ring (bicyclic) bond motifs is 5. The lowest BCUT2D eigenvalue weighted by molar-refractivity contribution is -0.246. The molecule has 65 heavy (non-hydrogen) atoms. The predicted octanol–water partition coefficient (Wildman–Crippen LogP) is 2.66. The molecule has 3 aromatic carbocycles. The van der Waals surface area contributed by atoms with Crippen LogP contribution in [0, 0.1) is 5.92 Å². The molecule has 4 aliphatic heterocycles. The number of hydrogen-bond acceptors (Lipinski definition) is 17. The number of Topliss-reactive ketones (excluding diaryl/α,β-unsaturated/α-hetero) is 2. The summed E-state index contributed by atoms with van der Waals surface area (Å²) in [5.74, 6) is -4.89. The third-order valence-corrected chi connectivity index (χ3v) is 14.5. The quantitative estimate of drug-likeness (QED) is 0.0906. The highest BCUT2D eigenvalue weighted by atomic mass is 32.2. The highest BCUT2D eigenvalue weighted by Crippen LogP contribution is 2.53. The summed E-state index contributed by atoms with van der Waals surface area (Å²) in [5.41, 5.74) is -2.78. The number of methoxy groups -OCH3 is 1. The van der Waals surface area contributed by atoms with Crippen molar-refractivity contribution in [3.05, 3.63) is 98.7 Å². The summed E-state index contributed by atoms with van der Waals surface area (Å²) in [7, 11) is 1.30. The number of carbonyl (C=O) groups excluding carboxylic acids is 7. The predicted molar refractivity (Wildman–Crippen MR) is 224 cm³/mol. The van der Waals surface area contributed by atoms with E-state index >= 15 is 0 Å². The van der Waals surface area contributed by atoms with Gasteiger partial charge in [0.15, 0.2) is 24.1 Å². The van der Waals surface area contributed by atoms with Gasteiger partial charge in [-0.05, 0) is 18.6 Å². The van der Waals surface area contributed by atoms with Gasteiger partial charge >= 0.3 is 6.09 Å². The third kappa shape index (κ3) is 7.39. The van der Waals surface area contributed by atoms with Crippen LogP contribution in [-0.2, 0) is 51.0 Å². The molecule has 19 heteroatoms. The number of phenols is 2. The number of aliphatic hydroxyl groups excluding tert-OH is 1. The van der Waals surface area contributed by atoms with E-state index in [1.54, 1.807) is 6.92 Å². The molecule has 18 nitrogen and oxygen atoms in total. The van der Waals surface area contributed by atoms with Crippen molar-refractivity contribution in [3.8, 4) is 17.2 Å². The van der Waals surface area contributed by atoms with E-state index in [4.69, 9.17) is 23.7 Å². The molecule has 3 fully saturated rings. The molecule has 2 aliphatic carbocycles. The summed E-state index contributed by atoms with van der Waals surface area (Å²) in [6, 6.07) is 12.8. The maximum Gasteiger partial charge on any atom is 0.412 e. The summed E-state index contributed by atoms with van der Waals surface area (Å²) < 4.78 is 29.5. The van der Waals surface area contributed by atoms with E-state index in [0.29, 0.717) is 11.9 Å². The van der Waals surface area contributed by atoms with Crippen LogP contribution in [0.15, 0.2) is 59.8 Å². The van der Waals surface area contributed by atoms with Crippen LogP contribution in [0.4, 0.5) is 4.79 Å². The van der Waals surface area contributed by atoms with Gasteiger partial charge in [-0.2, -0.15) is 0 Å². The lowest BCUT2D eigenvalue weighted by Crippen LogP contribution is -2.61. The Balaban J connectivity index is 0.921. The van der Waals surface area contributed by atoms with Crippen molar-refractivity contribution >= 4 is 53.2 Å². The summed E-state index contributed by atoms with van der Waals surface area (Å²) in [4.78, 5) is 95.8. The Kier molecular flexibility index (Phi) is 11.7. The highest BCUT2D eigenvalue weighted by molar-refractivity contribution is 8.00. The third-order valence-electron chi connectivity index (χ3n) is 13.1. The van der Waals surface area contributed by atoms with E-state index in [-0.39, 0.29) is 83.7 Å². The van der Waals surface area contributed by atoms with Crippen molar-refractivity contribution < 1.29 is 77.7 Å². The number of carbonyl (C=O) groups is 7. The van der Waals surface area contributed by atoms with Gasteiger partial charge in [-0.1, -0.05) is 42.5 Å². The summed E-state index contributed by atoms with van der Waals surface area (Å²) >= 11 is 1.37. The maximum absolute atomic E-state index is 14.1. The van der Waals surface area contributed by atoms with E-state index in [1.807, 2.05) is 30.3 Å². The SMILES string of the molecule is COc1cccc2c1C(=O)c1c(O)c3c(c(O)c1C2=O)CC(O)(C(=O)CO)CC3OC1CC2C(OCN2C(=O)OCC2=C(C=O)N3C(=O)C(CC(=O)Cc4ccccc4)C3SC2)C(C)O1. The summed E-state index contributed by atoms with van der Waals surface area (Å²) in [6.07, 6.45) is -5.46. The number of aromatic hydroxyl groups is 2. The van der Waals surface area contributed by atoms with Gasteiger partial charge in [0.25, 0.3) is 0 Å². The van der Waals surface area contributed by atoms with Gasteiger partial charge in [-0.25, -0.2) is 4.79 Å². The monoisotopic (exact) mass is 912 g/mol. The van der Waals surface area contributed by atoms with Crippen LogP contribution in [0.25, 0.3) is 0 Å². The van der Waals surface area contributed by atoms with Gasteiger partial charge in [-0.15, -0.1) is 11.8 Å². The Bertz CT molecular complexity index is 2580. The van der Waals surface area contributed by atoms with Crippen molar-refractivity contribution in [2.24, 2.45) is 5.92 Å². The average Bonchev–Trinajstić information content (AvgIpc) is 3.74. The molecule has 8 unspecified atom stereocenters. The Morgan fingerprint density at radius 2 is 1.75 bits per heavy atom. The first-order chi connectivity index (χ1) is 31.2. The molecule has 0 aromatic heterocycles. The molecule has 3 aromatic rings. The van der Waals surface area contributed by atoms with Crippen molar-refractivity contribution in [1.29, 1.82) is 0 Å².